The van der Waals surface area contributed by atoms with Crippen molar-refractivity contribution in [2.24, 2.45) is 0 Å². The predicted molar refractivity (Wildman–Crippen MR) is 66.0 cm³/mol. The number of likely N-dealkylation sites (N-methyl/N-ethyl adjacent to an activating group) is 1. The zero-order chi connectivity index (χ0) is 10.7. The lowest BCUT2D eigenvalue weighted by Crippen LogP contribution is -2.03. The Kier molecular flexibility index (Phi) is 2.88. The van der Waals surface area contributed by atoms with Crippen LogP contribution < -0.4 is 5.32 Å². The van der Waals surface area contributed by atoms with E-state index in [9.17, 15) is 0 Å². The maximum absolute atomic E-state index is 3.28. The quantitative estimate of drug-likeness (QED) is 0.783. The molecule has 2 N–H and O–H groups in total. The van der Waals surface area contributed by atoms with Gasteiger partial charge in [-0.25, -0.2) is 0 Å². The van der Waals surface area contributed by atoms with Gasteiger partial charge in [0, 0.05) is 23.6 Å². The molecule has 0 radical (unpaired) electrons. The van der Waals surface area contributed by atoms with E-state index < -0.39 is 0 Å². The van der Waals surface area contributed by atoms with Crippen molar-refractivity contribution in [2.45, 2.75) is 6.92 Å². The molecular weight excluding hydrogens is 184 g/mol. The van der Waals surface area contributed by atoms with Crippen LogP contribution >= 0.6 is 0 Å². The van der Waals surface area contributed by atoms with Gasteiger partial charge in [0.05, 0.1) is 0 Å². The van der Waals surface area contributed by atoms with Crippen LogP contribution in [0.3, 0.4) is 0 Å². The minimum Gasteiger partial charge on any atom is -0.361 e. The van der Waals surface area contributed by atoms with Crippen LogP contribution in [-0.2, 0) is 0 Å². The Morgan fingerprint density at radius 2 is 2.27 bits per heavy atom. The van der Waals surface area contributed by atoms with Gasteiger partial charge < -0.3 is 10.3 Å². The number of fused-ring (bicyclic) bond motifs is 1. The summed E-state index contributed by atoms with van der Waals surface area (Å²) < 4.78 is 0. The van der Waals surface area contributed by atoms with Crippen LogP contribution in [0.15, 0.2) is 30.5 Å². The monoisotopic (exact) mass is 200 g/mol. The Hall–Kier alpha value is -1.54. The molecule has 0 spiro atoms. The zero-order valence-corrected chi connectivity index (χ0v) is 9.17. The summed E-state index contributed by atoms with van der Waals surface area (Å²) in [4.78, 5) is 3.28. The Morgan fingerprint density at radius 3 is 3.07 bits per heavy atom. The van der Waals surface area contributed by atoms with E-state index in [1.54, 1.807) is 0 Å². The second-order valence-corrected chi connectivity index (χ2v) is 3.75. The predicted octanol–water partition coefficient (Wildman–Crippen LogP) is 2.71. The molecule has 2 heteroatoms. The van der Waals surface area contributed by atoms with Crippen molar-refractivity contribution < 1.29 is 0 Å². The van der Waals surface area contributed by atoms with Crippen LogP contribution in [0.5, 0.6) is 0 Å². The first-order chi connectivity index (χ1) is 7.31. The van der Waals surface area contributed by atoms with Gasteiger partial charge in [-0.3, -0.25) is 0 Å². The van der Waals surface area contributed by atoms with Crippen molar-refractivity contribution >= 4 is 17.0 Å². The summed E-state index contributed by atoms with van der Waals surface area (Å²) in [5.41, 5.74) is 3.74. The van der Waals surface area contributed by atoms with E-state index in [0.717, 1.165) is 6.54 Å². The molecule has 0 saturated heterocycles. The molecule has 0 atom stereocenters. The fourth-order valence-corrected chi connectivity index (χ4v) is 1.70. The number of H-pyrrole nitrogens is 1. The SMILES string of the molecule is CNCC=Cc1c[nH]c2cc(C)ccc12. The van der Waals surface area contributed by atoms with E-state index in [2.05, 4.69) is 53.8 Å². The summed E-state index contributed by atoms with van der Waals surface area (Å²) in [7, 11) is 1.95. The number of benzene rings is 1. The molecule has 0 aliphatic heterocycles. The van der Waals surface area contributed by atoms with Gasteiger partial charge in [-0.2, -0.15) is 0 Å². The summed E-state index contributed by atoms with van der Waals surface area (Å²) in [6, 6.07) is 6.48. The molecule has 2 aromatic rings. The van der Waals surface area contributed by atoms with Gasteiger partial charge in [-0.05, 0) is 31.2 Å². The van der Waals surface area contributed by atoms with Gasteiger partial charge in [-0.1, -0.05) is 24.3 Å². The summed E-state index contributed by atoms with van der Waals surface area (Å²) >= 11 is 0. The number of rotatable bonds is 3. The average molecular weight is 200 g/mol. The number of aryl methyl sites for hydroxylation is 1. The van der Waals surface area contributed by atoms with Crippen molar-refractivity contribution in [1.82, 2.24) is 10.3 Å². The summed E-state index contributed by atoms with van der Waals surface area (Å²) in [6.45, 7) is 3.01. The first-order valence-electron chi connectivity index (χ1n) is 5.20. The molecular formula is C13H16N2. The molecule has 1 aromatic heterocycles. The van der Waals surface area contributed by atoms with Crippen LogP contribution in [0, 0.1) is 6.92 Å². The van der Waals surface area contributed by atoms with Gasteiger partial charge in [0.1, 0.15) is 0 Å². The van der Waals surface area contributed by atoms with Gasteiger partial charge in [0.15, 0.2) is 0 Å². The maximum Gasteiger partial charge on any atom is 0.0462 e. The average Bonchev–Trinajstić information content (AvgIpc) is 2.61. The van der Waals surface area contributed by atoms with E-state index in [-0.39, 0.29) is 0 Å². The third kappa shape index (κ3) is 2.10. The van der Waals surface area contributed by atoms with Gasteiger partial charge >= 0.3 is 0 Å². The molecule has 0 unspecified atom stereocenters. The van der Waals surface area contributed by atoms with E-state index >= 15 is 0 Å². The van der Waals surface area contributed by atoms with Gasteiger partial charge in [0.2, 0.25) is 0 Å². The summed E-state index contributed by atoms with van der Waals surface area (Å²) in [6.07, 6.45) is 6.32. The van der Waals surface area contributed by atoms with Crippen LogP contribution in [-0.4, -0.2) is 18.6 Å². The molecule has 0 aliphatic rings. The number of nitrogens with one attached hydrogen (secondary N) is 2. The van der Waals surface area contributed by atoms with E-state index in [1.165, 1.54) is 22.0 Å². The second-order valence-electron chi connectivity index (χ2n) is 3.75. The van der Waals surface area contributed by atoms with E-state index in [1.807, 2.05) is 7.05 Å². The Bertz CT molecular complexity index is 480. The van der Waals surface area contributed by atoms with Crippen molar-refractivity contribution in [3.63, 3.8) is 0 Å². The number of hydrogen-bond acceptors (Lipinski definition) is 1. The molecule has 1 heterocycles. The number of aromatic nitrogens is 1. The standard InChI is InChI=1S/C13H16N2/c1-10-5-6-12-11(4-3-7-14-2)9-15-13(12)8-10/h3-6,8-9,14-15H,7H2,1-2H3. The van der Waals surface area contributed by atoms with Crippen molar-refractivity contribution in [2.75, 3.05) is 13.6 Å². The Morgan fingerprint density at radius 1 is 1.40 bits per heavy atom. The largest absolute Gasteiger partial charge is 0.361 e. The smallest absolute Gasteiger partial charge is 0.0462 e. The third-order valence-electron chi connectivity index (χ3n) is 2.49. The molecule has 0 aliphatic carbocycles. The molecule has 0 bridgehead atoms. The van der Waals surface area contributed by atoms with Crippen LogP contribution in [0.25, 0.3) is 17.0 Å². The lowest BCUT2D eigenvalue weighted by molar-refractivity contribution is 0.922. The van der Waals surface area contributed by atoms with Gasteiger partial charge in [0.25, 0.3) is 0 Å². The highest BCUT2D eigenvalue weighted by Gasteiger charge is 1.99. The highest BCUT2D eigenvalue weighted by atomic mass is 14.8. The molecule has 2 rings (SSSR count). The van der Waals surface area contributed by atoms with Gasteiger partial charge in [-0.15, -0.1) is 0 Å². The van der Waals surface area contributed by atoms with Crippen molar-refractivity contribution in [1.29, 1.82) is 0 Å². The fourth-order valence-electron chi connectivity index (χ4n) is 1.70. The maximum atomic E-state index is 3.28. The van der Waals surface area contributed by atoms with E-state index in [4.69, 9.17) is 0 Å². The third-order valence-corrected chi connectivity index (χ3v) is 2.49. The fraction of sp³-hybridized carbons (Fsp3) is 0.231. The molecule has 2 nitrogen and oxygen atoms in total. The molecule has 0 fully saturated rings. The van der Waals surface area contributed by atoms with Crippen LogP contribution in [0.1, 0.15) is 11.1 Å². The number of hydrogen-bond donors (Lipinski definition) is 2. The highest BCUT2D eigenvalue weighted by molar-refractivity contribution is 5.89. The van der Waals surface area contributed by atoms with Crippen LogP contribution in [0.4, 0.5) is 0 Å². The lowest BCUT2D eigenvalue weighted by Gasteiger charge is -1.94. The zero-order valence-electron chi connectivity index (χ0n) is 9.17. The highest BCUT2D eigenvalue weighted by Crippen LogP contribution is 2.20. The molecule has 78 valence electrons. The first-order valence-corrected chi connectivity index (χ1v) is 5.20. The lowest BCUT2D eigenvalue weighted by atomic mass is 10.1. The van der Waals surface area contributed by atoms with E-state index in [0.29, 0.717) is 0 Å². The van der Waals surface area contributed by atoms with Crippen molar-refractivity contribution in [3.8, 4) is 0 Å². The van der Waals surface area contributed by atoms with Crippen LogP contribution in [0.2, 0.25) is 0 Å². The minimum atomic E-state index is 0.901. The Balaban J connectivity index is 2.36. The summed E-state index contributed by atoms with van der Waals surface area (Å²) in [5, 5.41) is 4.38. The normalized spacial score (nSPS) is 11.6. The Labute approximate surface area is 90.0 Å². The molecule has 0 amide bonds. The first kappa shape index (κ1) is 9.99. The second kappa shape index (κ2) is 4.32. The molecule has 15 heavy (non-hydrogen) atoms. The molecule has 0 saturated carbocycles. The number of aromatic amines is 1. The molecule has 1 aromatic carbocycles. The summed E-state index contributed by atoms with van der Waals surface area (Å²) in [5.74, 6) is 0. The van der Waals surface area contributed by atoms with Crippen molar-refractivity contribution in [3.05, 3.63) is 41.6 Å². The topological polar surface area (TPSA) is 27.8 Å². The minimum absolute atomic E-state index is 0.901.